The number of phenols is 2. The third-order valence-corrected chi connectivity index (χ3v) is 1.63. The molecule has 0 fully saturated rings. The molecule has 1 aromatic carbocycles. The number of rotatable bonds is 3. The second kappa shape index (κ2) is 3.76. The molecule has 0 saturated carbocycles. The fourth-order valence-corrected chi connectivity index (χ4v) is 0.991. The van der Waals surface area contributed by atoms with Crippen LogP contribution in [0.3, 0.4) is 0 Å². The molecule has 1 aromatic rings. The highest BCUT2D eigenvalue weighted by Crippen LogP contribution is 2.23. The largest absolute Gasteiger partial charge is 0.508 e. The Hall–Kier alpha value is -1.51. The van der Waals surface area contributed by atoms with Crippen molar-refractivity contribution < 1.29 is 10.2 Å². The maximum absolute atomic E-state index is 9.28. The number of phenolic OH excluding ortho intramolecular Hbond substituents is 2. The lowest BCUT2D eigenvalue weighted by molar-refractivity contribution is 0.446. The van der Waals surface area contributed by atoms with Crippen LogP contribution in [0.15, 0.2) is 18.2 Å². The summed E-state index contributed by atoms with van der Waals surface area (Å²) >= 11 is 0. The zero-order valence-corrected chi connectivity index (χ0v) is 6.62. The van der Waals surface area contributed by atoms with E-state index in [1.807, 2.05) is 0 Å². The number of hydrogen-bond donors (Lipinski definition) is 3. The fourth-order valence-electron chi connectivity index (χ4n) is 0.991. The summed E-state index contributed by atoms with van der Waals surface area (Å²) in [7, 11) is 0. The third kappa shape index (κ3) is 1.99. The average molecular weight is 165 g/mol. The van der Waals surface area contributed by atoms with Crippen LogP contribution in [0.2, 0.25) is 0 Å². The molecule has 0 radical (unpaired) electrons. The first-order valence-electron chi connectivity index (χ1n) is 3.74. The maximum Gasteiger partial charge on any atom is 0.122 e. The molecule has 0 aromatic heterocycles. The lowest BCUT2D eigenvalue weighted by Crippen LogP contribution is -1.85. The monoisotopic (exact) mass is 165 g/mol. The first kappa shape index (κ1) is 8.59. The number of nitrogens with one attached hydrogen (secondary N) is 1. The van der Waals surface area contributed by atoms with Crippen molar-refractivity contribution in [2.45, 2.75) is 12.8 Å². The van der Waals surface area contributed by atoms with E-state index in [1.54, 1.807) is 6.07 Å². The molecule has 3 N–H and O–H groups in total. The number of benzene rings is 1. The normalized spacial score (nSPS) is 9.67. The third-order valence-electron chi connectivity index (χ3n) is 1.63. The van der Waals surface area contributed by atoms with Gasteiger partial charge in [0.1, 0.15) is 11.5 Å². The van der Waals surface area contributed by atoms with Crippen LogP contribution in [0.5, 0.6) is 11.5 Å². The molecular weight excluding hydrogens is 154 g/mol. The molecule has 3 nitrogen and oxygen atoms in total. The summed E-state index contributed by atoms with van der Waals surface area (Å²) in [6, 6.07) is 4.49. The van der Waals surface area contributed by atoms with Crippen molar-refractivity contribution in [3.05, 3.63) is 23.8 Å². The summed E-state index contributed by atoms with van der Waals surface area (Å²) in [5.74, 6) is 0.156. The van der Waals surface area contributed by atoms with Gasteiger partial charge >= 0.3 is 0 Å². The summed E-state index contributed by atoms with van der Waals surface area (Å²) < 4.78 is 0. The second-order valence-electron chi connectivity index (χ2n) is 2.56. The Balaban J connectivity index is 2.78. The standard InChI is InChI=1S/C9H11NO2/c10-5-1-2-7-3-4-8(11)6-9(7)12/h3-6,10-12H,1-2H2. The Kier molecular flexibility index (Phi) is 2.69. The quantitative estimate of drug-likeness (QED) is 0.596. The van der Waals surface area contributed by atoms with Crippen LogP contribution < -0.4 is 0 Å². The molecule has 0 aliphatic heterocycles. The summed E-state index contributed by atoms with van der Waals surface area (Å²) in [5, 5.41) is 25.0. The minimum absolute atomic E-state index is 0.0612. The van der Waals surface area contributed by atoms with Crippen LogP contribution >= 0.6 is 0 Å². The van der Waals surface area contributed by atoms with Gasteiger partial charge in [-0.3, -0.25) is 0 Å². The topological polar surface area (TPSA) is 64.3 Å². The minimum Gasteiger partial charge on any atom is -0.508 e. The van der Waals surface area contributed by atoms with Crippen molar-refractivity contribution in [3.63, 3.8) is 0 Å². The molecule has 0 heterocycles. The van der Waals surface area contributed by atoms with E-state index in [4.69, 9.17) is 10.5 Å². The Labute approximate surface area is 70.8 Å². The molecule has 0 aliphatic rings. The first-order chi connectivity index (χ1) is 5.74. The summed E-state index contributed by atoms with van der Waals surface area (Å²) in [6.45, 7) is 0. The molecule has 0 saturated heterocycles. The summed E-state index contributed by atoms with van der Waals surface area (Å²) in [4.78, 5) is 0. The SMILES string of the molecule is N=CCCc1ccc(O)cc1O. The predicted octanol–water partition coefficient (Wildman–Crippen LogP) is 1.68. The van der Waals surface area contributed by atoms with E-state index in [1.165, 1.54) is 18.3 Å². The summed E-state index contributed by atoms with van der Waals surface area (Å²) in [5.41, 5.74) is 0.760. The highest BCUT2D eigenvalue weighted by Gasteiger charge is 2.00. The minimum atomic E-state index is 0.0612. The van der Waals surface area contributed by atoms with E-state index in [0.717, 1.165) is 5.56 Å². The zero-order chi connectivity index (χ0) is 8.97. The Bertz CT molecular complexity index is 284. The van der Waals surface area contributed by atoms with Gasteiger partial charge in [0.2, 0.25) is 0 Å². The van der Waals surface area contributed by atoms with E-state index < -0.39 is 0 Å². The van der Waals surface area contributed by atoms with Crippen LogP contribution in [0.1, 0.15) is 12.0 Å². The maximum atomic E-state index is 9.28. The number of hydrogen-bond acceptors (Lipinski definition) is 3. The Morgan fingerprint density at radius 3 is 2.67 bits per heavy atom. The average Bonchev–Trinajstić information content (AvgIpc) is 2.03. The molecule has 0 unspecified atom stereocenters. The van der Waals surface area contributed by atoms with Gasteiger partial charge in [-0.25, -0.2) is 0 Å². The first-order valence-corrected chi connectivity index (χ1v) is 3.74. The smallest absolute Gasteiger partial charge is 0.122 e. The van der Waals surface area contributed by atoms with Crippen molar-refractivity contribution in [1.29, 1.82) is 5.41 Å². The van der Waals surface area contributed by atoms with Gasteiger partial charge in [-0.15, -0.1) is 0 Å². The highest BCUT2D eigenvalue weighted by molar-refractivity contribution is 5.54. The molecule has 0 bridgehead atoms. The van der Waals surface area contributed by atoms with Gasteiger partial charge in [-0.1, -0.05) is 6.07 Å². The van der Waals surface area contributed by atoms with Crippen molar-refractivity contribution in [3.8, 4) is 11.5 Å². The molecule has 0 aliphatic carbocycles. The number of aryl methyl sites for hydroxylation is 1. The van der Waals surface area contributed by atoms with Gasteiger partial charge in [-0.2, -0.15) is 0 Å². The highest BCUT2D eigenvalue weighted by atomic mass is 16.3. The van der Waals surface area contributed by atoms with Gasteiger partial charge in [0.25, 0.3) is 0 Å². The second-order valence-corrected chi connectivity index (χ2v) is 2.56. The van der Waals surface area contributed by atoms with Gasteiger partial charge in [0.05, 0.1) is 0 Å². The van der Waals surface area contributed by atoms with E-state index in [2.05, 4.69) is 0 Å². The van der Waals surface area contributed by atoms with Crippen LogP contribution in [0.4, 0.5) is 0 Å². The van der Waals surface area contributed by atoms with Crippen LogP contribution in [-0.2, 0) is 6.42 Å². The molecule has 0 atom stereocenters. The Morgan fingerprint density at radius 2 is 2.08 bits per heavy atom. The van der Waals surface area contributed by atoms with Crippen LogP contribution in [0, 0.1) is 5.41 Å². The molecule has 0 amide bonds. The Morgan fingerprint density at radius 1 is 1.33 bits per heavy atom. The molecule has 3 heteroatoms. The van der Waals surface area contributed by atoms with Gasteiger partial charge in [-0.05, 0) is 30.7 Å². The van der Waals surface area contributed by atoms with E-state index >= 15 is 0 Å². The van der Waals surface area contributed by atoms with E-state index in [0.29, 0.717) is 12.8 Å². The summed E-state index contributed by atoms with van der Waals surface area (Å²) in [6.07, 6.45) is 2.54. The molecule has 0 spiro atoms. The lowest BCUT2D eigenvalue weighted by atomic mass is 10.1. The van der Waals surface area contributed by atoms with Crippen molar-refractivity contribution in [1.82, 2.24) is 0 Å². The lowest BCUT2D eigenvalue weighted by Gasteiger charge is -2.01. The van der Waals surface area contributed by atoms with Gasteiger partial charge in [0, 0.05) is 6.07 Å². The van der Waals surface area contributed by atoms with E-state index in [9.17, 15) is 5.11 Å². The van der Waals surface area contributed by atoms with Crippen LogP contribution in [0.25, 0.3) is 0 Å². The number of aromatic hydroxyl groups is 2. The fraction of sp³-hybridized carbons (Fsp3) is 0.222. The molecule has 1 rings (SSSR count). The van der Waals surface area contributed by atoms with Crippen molar-refractivity contribution >= 4 is 6.21 Å². The van der Waals surface area contributed by atoms with Crippen molar-refractivity contribution in [2.75, 3.05) is 0 Å². The van der Waals surface area contributed by atoms with Gasteiger partial charge < -0.3 is 15.6 Å². The van der Waals surface area contributed by atoms with Crippen molar-refractivity contribution in [2.24, 2.45) is 0 Å². The molecule has 64 valence electrons. The zero-order valence-electron chi connectivity index (χ0n) is 6.62. The van der Waals surface area contributed by atoms with E-state index in [-0.39, 0.29) is 11.5 Å². The van der Waals surface area contributed by atoms with Crippen LogP contribution in [-0.4, -0.2) is 16.4 Å². The predicted molar refractivity (Wildman–Crippen MR) is 46.9 cm³/mol. The van der Waals surface area contributed by atoms with Gasteiger partial charge in [0.15, 0.2) is 0 Å². The molecule has 12 heavy (non-hydrogen) atoms. The molecular formula is C9H11NO2.